The lowest BCUT2D eigenvalue weighted by Gasteiger charge is -2.18. The monoisotopic (exact) mass is 1050 g/mol. The summed E-state index contributed by atoms with van der Waals surface area (Å²) in [6.45, 7) is 11.5. The Kier molecular flexibility index (Phi) is 59.3. The molecule has 0 aliphatic carbocycles. The second-order valence-electron chi connectivity index (χ2n) is 24.2. The molecule has 0 aromatic carbocycles. The fraction of sp³-hybridized carbons (Fsp3) is 0.956. The van der Waals surface area contributed by atoms with Crippen molar-refractivity contribution in [1.29, 1.82) is 0 Å². The van der Waals surface area contributed by atoms with E-state index in [0.717, 1.165) is 69.6 Å². The molecule has 6 nitrogen and oxygen atoms in total. The maximum Gasteiger partial charge on any atom is 0.306 e. The molecule has 0 bridgehead atoms. The highest BCUT2D eigenvalue weighted by Gasteiger charge is 2.20. The van der Waals surface area contributed by atoms with Gasteiger partial charge in [0.2, 0.25) is 0 Å². The molecular formula is C68H132O6. The van der Waals surface area contributed by atoms with Crippen LogP contribution in [0.4, 0.5) is 0 Å². The summed E-state index contributed by atoms with van der Waals surface area (Å²) in [5.74, 6) is 0.941. The van der Waals surface area contributed by atoms with Crippen molar-refractivity contribution in [2.45, 2.75) is 394 Å². The summed E-state index contributed by atoms with van der Waals surface area (Å²) < 4.78 is 17.0. The molecule has 440 valence electrons. The van der Waals surface area contributed by atoms with Crippen LogP contribution >= 0.6 is 0 Å². The number of ether oxygens (including phenoxy) is 3. The zero-order chi connectivity index (χ0) is 53.9. The molecule has 6 heteroatoms. The lowest BCUT2D eigenvalue weighted by Crippen LogP contribution is -2.30. The van der Waals surface area contributed by atoms with E-state index in [0.29, 0.717) is 19.3 Å². The number of esters is 3. The quantitative estimate of drug-likeness (QED) is 0.0343. The topological polar surface area (TPSA) is 78.9 Å². The van der Waals surface area contributed by atoms with Crippen LogP contribution in [0.5, 0.6) is 0 Å². The van der Waals surface area contributed by atoms with Crippen molar-refractivity contribution in [1.82, 2.24) is 0 Å². The van der Waals surface area contributed by atoms with Crippen LogP contribution < -0.4 is 0 Å². The zero-order valence-electron chi connectivity index (χ0n) is 51.0. The Balaban J connectivity index is 4.23. The molecule has 0 N–H and O–H groups in total. The summed E-state index contributed by atoms with van der Waals surface area (Å²) >= 11 is 0. The molecule has 0 aromatic rings. The van der Waals surface area contributed by atoms with Crippen molar-refractivity contribution in [2.75, 3.05) is 13.2 Å². The molecule has 0 fully saturated rings. The first-order valence-corrected chi connectivity index (χ1v) is 33.8. The average Bonchev–Trinajstić information content (AvgIpc) is 3.39. The lowest BCUT2D eigenvalue weighted by atomic mass is 9.99. The van der Waals surface area contributed by atoms with E-state index < -0.39 is 6.10 Å². The van der Waals surface area contributed by atoms with E-state index in [4.69, 9.17) is 14.2 Å². The predicted molar refractivity (Wildman–Crippen MR) is 321 cm³/mol. The molecule has 0 saturated carbocycles. The highest BCUT2D eigenvalue weighted by atomic mass is 16.6. The maximum absolute atomic E-state index is 12.9. The molecule has 0 spiro atoms. The summed E-state index contributed by atoms with van der Waals surface area (Å²) in [5.41, 5.74) is 0. The standard InChI is InChI=1S/C68H132O6/c1-6-8-9-10-11-12-13-26-33-38-43-48-53-58-66(69)72-61-65(62-73-67(70)59-54-49-44-39-34-29-24-20-16-14-18-22-27-31-36-41-46-51-56-63(3)4)74-68(71)60-55-50-45-40-35-30-25-21-17-15-19-23-28-32-37-42-47-52-57-64(5)7-2/h63-65H,6-62H2,1-5H3/t64?,65-/m0/s1. The summed E-state index contributed by atoms with van der Waals surface area (Å²) in [5, 5.41) is 0. The Bertz CT molecular complexity index is 1140. The number of hydrogen-bond donors (Lipinski definition) is 0. The van der Waals surface area contributed by atoms with Gasteiger partial charge in [0.25, 0.3) is 0 Å². The fourth-order valence-corrected chi connectivity index (χ4v) is 10.6. The third-order valence-corrected chi connectivity index (χ3v) is 16.1. The average molecular weight is 1050 g/mol. The van der Waals surface area contributed by atoms with Crippen molar-refractivity contribution >= 4 is 17.9 Å². The largest absolute Gasteiger partial charge is 0.462 e. The minimum absolute atomic E-state index is 0.0614. The van der Waals surface area contributed by atoms with Crippen LogP contribution in [-0.2, 0) is 28.6 Å². The molecule has 0 radical (unpaired) electrons. The highest BCUT2D eigenvalue weighted by Crippen LogP contribution is 2.20. The molecule has 0 rings (SSSR count). The minimum Gasteiger partial charge on any atom is -0.462 e. The first-order chi connectivity index (χ1) is 36.3. The Morgan fingerprint density at radius 1 is 0.284 bits per heavy atom. The van der Waals surface area contributed by atoms with Crippen LogP contribution in [0.2, 0.25) is 0 Å². The van der Waals surface area contributed by atoms with E-state index in [1.807, 2.05) is 0 Å². The summed E-state index contributed by atoms with van der Waals surface area (Å²) in [6, 6.07) is 0. The van der Waals surface area contributed by atoms with Crippen molar-refractivity contribution < 1.29 is 28.6 Å². The van der Waals surface area contributed by atoms with Crippen molar-refractivity contribution in [2.24, 2.45) is 11.8 Å². The van der Waals surface area contributed by atoms with Gasteiger partial charge in [-0.1, -0.05) is 349 Å². The minimum atomic E-state index is -0.764. The summed E-state index contributed by atoms with van der Waals surface area (Å²) in [6.07, 6.45) is 68.2. The van der Waals surface area contributed by atoms with Gasteiger partial charge >= 0.3 is 17.9 Å². The Hall–Kier alpha value is -1.59. The second kappa shape index (κ2) is 60.6. The van der Waals surface area contributed by atoms with Gasteiger partial charge in [-0.15, -0.1) is 0 Å². The van der Waals surface area contributed by atoms with Gasteiger partial charge in [-0.25, -0.2) is 0 Å². The van der Waals surface area contributed by atoms with Gasteiger partial charge in [0.05, 0.1) is 0 Å². The highest BCUT2D eigenvalue weighted by molar-refractivity contribution is 5.71. The van der Waals surface area contributed by atoms with Crippen LogP contribution in [0, 0.1) is 11.8 Å². The number of carbonyl (C=O) groups excluding carboxylic acids is 3. The Morgan fingerprint density at radius 3 is 0.770 bits per heavy atom. The van der Waals surface area contributed by atoms with E-state index in [1.54, 1.807) is 0 Å². The number of unbranched alkanes of at least 4 members (excludes halogenated alkanes) is 46. The SMILES string of the molecule is CCCCCCCCCCCCCCCC(=O)OC[C@@H](COC(=O)CCCCCCCCCCCCCCCCCCCCC(C)C)OC(=O)CCCCCCCCCCCCCCCCCCCCC(C)CC. The van der Waals surface area contributed by atoms with Crippen LogP contribution in [0.1, 0.15) is 388 Å². The van der Waals surface area contributed by atoms with E-state index >= 15 is 0 Å². The fourth-order valence-electron chi connectivity index (χ4n) is 10.6. The van der Waals surface area contributed by atoms with Gasteiger partial charge in [0.15, 0.2) is 6.10 Å². The van der Waals surface area contributed by atoms with E-state index in [-0.39, 0.29) is 31.1 Å². The van der Waals surface area contributed by atoms with Crippen molar-refractivity contribution in [3.05, 3.63) is 0 Å². The second-order valence-corrected chi connectivity index (χ2v) is 24.2. The molecule has 0 saturated heterocycles. The number of rotatable bonds is 62. The summed E-state index contributed by atoms with van der Waals surface area (Å²) in [7, 11) is 0. The lowest BCUT2D eigenvalue weighted by molar-refractivity contribution is -0.167. The zero-order valence-corrected chi connectivity index (χ0v) is 51.0. The third kappa shape index (κ3) is 59.7. The molecule has 2 atom stereocenters. The Morgan fingerprint density at radius 2 is 0.514 bits per heavy atom. The predicted octanol–water partition coefficient (Wildman–Crippen LogP) is 22.8. The van der Waals surface area contributed by atoms with Crippen molar-refractivity contribution in [3.8, 4) is 0 Å². The first kappa shape index (κ1) is 72.4. The van der Waals surface area contributed by atoms with E-state index in [9.17, 15) is 14.4 Å². The van der Waals surface area contributed by atoms with Gasteiger partial charge in [-0.3, -0.25) is 14.4 Å². The summed E-state index contributed by atoms with van der Waals surface area (Å²) in [4.78, 5) is 38.4. The number of hydrogen-bond acceptors (Lipinski definition) is 6. The molecule has 0 aliphatic heterocycles. The van der Waals surface area contributed by atoms with Gasteiger partial charge in [-0.2, -0.15) is 0 Å². The van der Waals surface area contributed by atoms with Gasteiger partial charge in [0.1, 0.15) is 13.2 Å². The maximum atomic E-state index is 12.9. The van der Waals surface area contributed by atoms with Crippen LogP contribution in [0.25, 0.3) is 0 Å². The van der Waals surface area contributed by atoms with Crippen molar-refractivity contribution in [3.63, 3.8) is 0 Å². The molecular weight excluding hydrogens is 913 g/mol. The first-order valence-electron chi connectivity index (χ1n) is 33.8. The normalized spacial score (nSPS) is 12.4. The molecule has 0 amide bonds. The van der Waals surface area contributed by atoms with Gasteiger partial charge < -0.3 is 14.2 Å². The third-order valence-electron chi connectivity index (χ3n) is 16.1. The molecule has 1 unspecified atom stereocenters. The van der Waals surface area contributed by atoms with Crippen LogP contribution in [0.3, 0.4) is 0 Å². The van der Waals surface area contributed by atoms with E-state index in [1.165, 1.54) is 276 Å². The smallest absolute Gasteiger partial charge is 0.306 e. The Labute approximate surface area is 463 Å². The van der Waals surface area contributed by atoms with Gasteiger partial charge in [-0.05, 0) is 31.1 Å². The van der Waals surface area contributed by atoms with Crippen LogP contribution in [-0.4, -0.2) is 37.2 Å². The molecule has 0 heterocycles. The van der Waals surface area contributed by atoms with E-state index in [2.05, 4.69) is 34.6 Å². The van der Waals surface area contributed by atoms with Gasteiger partial charge in [0, 0.05) is 19.3 Å². The number of carbonyl (C=O) groups is 3. The molecule has 0 aromatic heterocycles. The molecule has 74 heavy (non-hydrogen) atoms. The molecule has 0 aliphatic rings. The van der Waals surface area contributed by atoms with Crippen LogP contribution in [0.15, 0.2) is 0 Å².